The highest BCUT2D eigenvalue weighted by Gasteiger charge is 2.56. The molecule has 2 fully saturated rings. The Labute approximate surface area is 132 Å². The summed E-state index contributed by atoms with van der Waals surface area (Å²) in [6, 6.07) is 8.59. The molecule has 0 bridgehead atoms. The molecule has 114 valence electrons. The Morgan fingerprint density at radius 2 is 2.14 bits per heavy atom. The lowest BCUT2D eigenvalue weighted by atomic mass is 9.55. The Balaban J connectivity index is 1.75. The van der Waals surface area contributed by atoms with Crippen LogP contribution in [0.1, 0.15) is 62.1 Å². The summed E-state index contributed by atoms with van der Waals surface area (Å²) >= 11 is 0. The number of carbonyl (C=O) groups is 1. The highest BCUT2D eigenvalue weighted by molar-refractivity contribution is 5.89. The number of carbonyl (C=O) groups excluding carboxylic acids is 1. The van der Waals surface area contributed by atoms with Crippen molar-refractivity contribution >= 4 is 5.78 Å². The maximum absolute atomic E-state index is 12.6. The molecule has 5 atom stereocenters. The van der Waals surface area contributed by atoms with Crippen LogP contribution in [-0.4, -0.2) is 5.78 Å². The molecule has 0 saturated heterocycles. The van der Waals surface area contributed by atoms with Crippen LogP contribution in [0.4, 0.5) is 0 Å². The van der Waals surface area contributed by atoms with Gasteiger partial charge in [-0.2, -0.15) is 5.26 Å². The molecule has 0 amide bonds. The first-order chi connectivity index (χ1) is 10.6. The highest BCUT2D eigenvalue weighted by atomic mass is 16.1. The molecule has 0 heterocycles. The molecule has 22 heavy (non-hydrogen) atoms. The molecule has 2 saturated carbocycles. The molecule has 3 aliphatic rings. The summed E-state index contributed by atoms with van der Waals surface area (Å²) in [4.78, 5) is 12.6. The number of nitriles is 1. The maximum Gasteiger partial charge on any atom is 0.141 e. The number of ketones is 1. The van der Waals surface area contributed by atoms with E-state index in [0.717, 1.165) is 37.7 Å². The first-order valence-corrected chi connectivity index (χ1v) is 8.62. The van der Waals surface area contributed by atoms with Crippen LogP contribution in [0.2, 0.25) is 0 Å². The van der Waals surface area contributed by atoms with Gasteiger partial charge in [-0.3, -0.25) is 4.79 Å². The number of hydrogen-bond donors (Lipinski definition) is 0. The molecule has 3 unspecified atom stereocenters. The van der Waals surface area contributed by atoms with Gasteiger partial charge in [0, 0.05) is 11.3 Å². The molecule has 0 N–H and O–H groups in total. The van der Waals surface area contributed by atoms with Gasteiger partial charge < -0.3 is 0 Å². The predicted molar refractivity (Wildman–Crippen MR) is 85.3 cm³/mol. The molecule has 3 aliphatic carbocycles. The molecule has 0 radical (unpaired) electrons. The fourth-order valence-electron chi connectivity index (χ4n) is 5.83. The third kappa shape index (κ3) is 1.69. The number of hydrogen-bond acceptors (Lipinski definition) is 2. The third-order valence-corrected chi connectivity index (χ3v) is 6.90. The number of benzene rings is 1. The second-order valence-corrected chi connectivity index (χ2v) is 7.86. The van der Waals surface area contributed by atoms with Crippen molar-refractivity contribution in [1.29, 1.82) is 5.26 Å². The summed E-state index contributed by atoms with van der Waals surface area (Å²) in [6.45, 7) is 4.34. The lowest BCUT2D eigenvalue weighted by Gasteiger charge is -2.48. The number of nitrogens with zero attached hydrogens (tertiary/aromatic N) is 1. The summed E-state index contributed by atoms with van der Waals surface area (Å²) in [5.41, 5.74) is 3.47. The van der Waals surface area contributed by atoms with Crippen LogP contribution in [-0.2, 0) is 11.2 Å². The normalized spacial score (nSPS) is 39.6. The molecule has 2 nitrogen and oxygen atoms in total. The lowest BCUT2D eigenvalue weighted by Crippen LogP contribution is -2.42. The Morgan fingerprint density at radius 1 is 1.32 bits per heavy atom. The first-order valence-electron chi connectivity index (χ1n) is 8.62. The number of Topliss-reactive ketones (excluding diaryl/α,β-unsaturated/α-hetero) is 1. The van der Waals surface area contributed by atoms with E-state index < -0.39 is 0 Å². The van der Waals surface area contributed by atoms with E-state index in [1.165, 1.54) is 11.1 Å². The van der Waals surface area contributed by atoms with Crippen molar-refractivity contribution in [2.75, 3.05) is 0 Å². The molecular weight excluding hydrogens is 270 g/mol. The zero-order valence-corrected chi connectivity index (χ0v) is 13.4. The van der Waals surface area contributed by atoms with E-state index in [-0.39, 0.29) is 11.3 Å². The predicted octanol–water partition coefficient (Wildman–Crippen LogP) is 4.23. The van der Waals surface area contributed by atoms with Crippen LogP contribution >= 0.6 is 0 Å². The Kier molecular flexibility index (Phi) is 2.98. The van der Waals surface area contributed by atoms with Gasteiger partial charge in [-0.15, -0.1) is 0 Å². The van der Waals surface area contributed by atoms with E-state index in [4.69, 9.17) is 0 Å². The fraction of sp³-hybridized carbons (Fsp3) is 0.600. The van der Waals surface area contributed by atoms with Crippen molar-refractivity contribution in [2.45, 2.75) is 51.9 Å². The van der Waals surface area contributed by atoms with E-state index in [1.54, 1.807) is 0 Å². The fourth-order valence-corrected chi connectivity index (χ4v) is 5.83. The monoisotopic (exact) mass is 293 g/mol. The van der Waals surface area contributed by atoms with Crippen LogP contribution in [0.5, 0.6) is 0 Å². The van der Waals surface area contributed by atoms with Gasteiger partial charge in [0.1, 0.15) is 5.78 Å². The van der Waals surface area contributed by atoms with Gasteiger partial charge in [-0.25, -0.2) is 0 Å². The van der Waals surface area contributed by atoms with Gasteiger partial charge in [0.2, 0.25) is 0 Å². The minimum absolute atomic E-state index is 0.0784. The van der Waals surface area contributed by atoms with E-state index in [9.17, 15) is 10.1 Å². The molecule has 0 aliphatic heterocycles. The molecule has 0 spiro atoms. The minimum atomic E-state index is -0.0784. The van der Waals surface area contributed by atoms with Crippen molar-refractivity contribution in [3.05, 3.63) is 34.9 Å². The molecule has 1 aromatic carbocycles. The van der Waals surface area contributed by atoms with Gasteiger partial charge in [-0.1, -0.05) is 26.0 Å². The number of fused-ring (bicyclic) bond motifs is 5. The van der Waals surface area contributed by atoms with E-state index >= 15 is 0 Å². The lowest BCUT2D eigenvalue weighted by molar-refractivity contribution is -0.131. The van der Waals surface area contributed by atoms with Crippen LogP contribution in [0.3, 0.4) is 0 Å². The minimum Gasteiger partial charge on any atom is -0.299 e. The van der Waals surface area contributed by atoms with Crippen LogP contribution in [0.15, 0.2) is 18.2 Å². The summed E-state index contributed by atoms with van der Waals surface area (Å²) in [6.07, 6.45) is 5.37. The molecule has 0 aromatic heterocycles. The average molecular weight is 293 g/mol. The van der Waals surface area contributed by atoms with E-state index in [1.807, 2.05) is 12.1 Å². The SMILES string of the molecule is C[C@@H]1CC2C3CCc4c(C#N)cccc4C3CC[C@]2(C)C1=O. The van der Waals surface area contributed by atoms with Crippen molar-refractivity contribution in [1.82, 2.24) is 0 Å². The third-order valence-electron chi connectivity index (χ3n) is 6.90. The van der Waals surface area contributed by atoms with Crippen LogP contribution in [0, 0.1) is 34.5 Å². The molecular formula is C20H23NO. The zero-order valence-electron chi connectivity index (χ0n) is 13.4. The van der Waals surface area contributed by atoms with E-state index in [0.29, 0.717) is 23.5 Å². The first kappa shape index (κ1) is 14.0. The topological polar surface area (TPSA) is 40.9 Å². The summed E-state index contributed by atoms with van der Waals surface area (Å²) < 4.78 is 0. The largest absolute Gasteiger partial charge is 0.299 e. The van der Waals surface area contributed by atoms with Gasteiger partial charge in [-0.05, 0) is 67.1 Å². The summed E-state index contributed by atoms with van der Waals surface area (Å²) in [5.74, 6) is 2.49. The molecule has 1 aromatic rings. The molecule has 2 heteroatoms. The van der Waals surface area contributed by atoms with Crippen molar-refractivity contribution in [3.63, 3.8) is 0 Å². The van der Waals surface area contributed by atoms with Crippen LogP contribution in [0.25, 0.3) is 0 Å². The average Bonchev–Trinajstić information content (AvgIpc) is 2.77. The second-order valence-electron chi connectivity index (χ2n) is 7.86. The highest BCUT2D eigenvalue weighted by Crippen LogP contribution is 2.60. The van der Waals surface area contributed by atoms with Gasteiger partial charge >= 0.3 is 0 Å². The summed E-state index contributed by atoms with van der Waals surface area (Å²) in [7, 11) is 0. The maximum atomic E-state index is 12.6. The van der Waals surface area contributed by atoms with Crippen molar-refractivity contribution in [2.24, 2.45) is 23.2 Å². The Morgan fingerprint density at radius 3 is 2.91 bits per heavy atom. The standard InChI is InChI=1S/C20H23NO/c1-12-10-18-17-7-6-14-13(11-21)4-3-5-15(14)16(17)8-9-20(18,2)19(12)22/h3-5,12,16-18H,6-10H2,1-2H3/t12-,16?,17?,18?,20+/m1/s1. The van der Waals surface area contributed by atoms with Gasteiger partial charge in [0.05, 0.1) is 11.6 Å². The van der Waals surface area contributed by atoms with Crippen molar-refractivity contribution in [3.8, 4) is 6.07 Å². The Hall–Kier alpha value is -1.62. The van der Waals surface area contributed by atoms with Gasteiger partial charge in [0.25, 0.3) is 0 Å². The van der Waals surface area contributed by atoms with Gasteiger partial charge in [0.15, 0.2) is 0 Å². The molecule has 4 rings (SSSR count). The Bertz CT molecular complexity index is 685. The smallest absolute Gasteiger partial charge is 0.141 e. The second kappa shape index (κ2) is 4.69. The van der Waals surface area contributed by atoms with Crippen molar-refractivity contribution < 1.29 is 4.79 Å². The van der Waals surface area contributed by atoms with E-state index in [2.05, 4.69) is 26.0 Å². The zero-order chi connectivity index (χ0) is 15.5. The summed E-state index contributed by atoms with van der Waals surface area (Å²) in [5, 5.41) is 9.36. The number of rotatable bonds is 0. The quantitative estimate of drug-likeness (QED) is 0.718. The van der Waals surface area contributed by atoms with Crippen LogP contribution < -0.4 is 0 Å².